The van der Waals surface area contributed by atoms with Gasteiger partial charge in [-0.25, -0.2) is 0 Å². The van der Waals surface area contributed by atoms with Gasteiger partial charge in [-0.2, -0.15) is 26.3 Å². The number of hydrogen-bond donors (Lipinski definition) is 2. The van der Waals surface area contributed by atoms with Gasteiger partial charge in [-0.15, -0.1) is 11.6 Å². The van der Waals surface area contributed by atoms with Gasteiger partial charge in [-0.05, 0) is 55.5 Å². The Bertz CT molecular complexity index is 1240. The maximum atomic E-state index is 13.5. The van der Waals surface area contributed by atoms with E-state index in [0.717, 1.165) is 5.56 Å². The molecule has 2 heterocycles. The number of fused-ring (bicyclic) bond motifs is 2. The molecule has 2 aliphatic heterocycles. The van der Waals surface area contributed by atoms with Crippen LogP contribution in [-0.2, 0) is 32.2 Å². The minimum absolute atomic E-state index is 0.00361. The average Bonchev–Trinajstić information content (AvgIpc) is 2.94. The Kier molecular flexibility index (Phi) is 9.49. The van der Waals surface area contributed by atoms with Crippen molar-refractivity contribution < 1.29 is 40.7 Å². The largest absolute Gasteiger partial charge is 0.416 e. The molecular formula is C29H32ClF6N3O3. The van der Waals surface area contributed by atoms with Crippen molar-refractivity contribution >= 4 is 23.4 Å². The zero-order valence-electron chi connectivity index (χ0n) is 22.9. The van der Waals surface area contributed by atoms with Gasteiger partial charge in [0.25, 0.3) is 0 Å². The average molecular weight is 620 g/mol. The van der Waals surface area contributed by atoms with Gasteiger partial charge < -0.3 is 15.4 Å². The number of carbonyl (C=O) groups excluding carboxylic acids is 2. The maximum Gasteiger partial charge on any atom is 0.416 e. The fourth-order valence-electron chi connectivity index (χ4n) is 5.68. The highest BCUT2D eigenvalue weighted by molar-refractivity contribution is 6.17. The van der Waals surface area contributed by atoms with Crippen LogP contribution < -0.4 is 10.6 Å². The highest BCUT2D eigenvalue weighted by Crippen LogP contribution is 2.44. The molecule has 1 unspecified atom stereocenters. The molecule has 0 aromatic heterocycles. The molecule has 230 valence electrons. The number of hydrogen-bond acceptors (Lipinski definition) is 4. The van der Waals surface area contributed by atoms with Crippen molar-refractivity contribution in [2.75, 3.05) is 32.1 Å². The number of nitrogens with one attached hydrogen (secondary N) is 2. The fraction of sp³-hybridized carbons (Fsp3) is 0.517. The van der Waals surface area contributed by atoms with Gasteiger partial charge in [-0.1, -0.05) is 30.3 Å². The number of amides is 2. The van der Waals surface area contributed by atoms with Crippen molar-refractivity contribution in [2.24, 2.45) is 0 Å². The molecule has 0 radical (unpaired) electrons. The van der Waals surface area contributed by atoms with Crippen LogP contribution in [0.4, 0.5) is 26.3 Å². The van der Waals surface area contributed by atoms with Crippen LogP contribution in [0.2, 0.25) is 0 Å². The van der Waals surface area contributed by atoms with Gasteiger partial charge >= 0.3 is 12.4 Å². The monoisotopic (exact) mass is 619 g/mol. The van der Waals surface area contributed by atoms with E-state index < -0.39 is 40.7 Å². The number of alkyl halides is 7. The van der Waals surface area contributed by atoms with Gasteiger partial charge in [0.2, 0.25) is 11.8 Å². The van der Waals surface area contributed by atoms with Crippen molar-refractivity contribution in [3.05, 3.63) is 70.8 Å². The predicted octanol–water partition coefficient (Wildman–Crippen LogP) is 5.80. The Hall–Kier alpha value is -2.83. The van der Waals surface area contributed by atoms with Gasteiger partial charge in [0.1, 0.15) is 0 Å². The Balaban J connectivity index is 1.61. The van der Waals surface area contributed by atoms with Crippen LogP contribution in [0, 0.1) is 0 Å². The van der Waals surface area contributed by atoms with Crippen LogP contribution in [0.5, 0.6) is 0 Å². The topological polar surface area (TPSA) is 70.7 Å². The van der Waals surface area contributed by atoms with Gasteiger partial charge in [0.05, 0.1) is 41.5 Å². The number of ether oxygens (including phenoxy) is 1. The molecule has 0 spiro atoms. The summed E-state index contributed by atoms with van der Waals surface area (Å²) < 4.78 is 86.8. The van der Waals surface area contributed by atoms with Gasteiger partial charge in [0, 0.05) is 25.4 Å². The molecule has 6 nitrogen and oxygen atoms in total. The summed E-state index contributed by atoms with van der Waals surface area (Å²) in [5.41, 5.74) is -3.94. The molecule has 2 aromatic carbocycles. The number of piperazine rings is 1. The first-order valence-corrected chi connectivity index (χ1v) is 14.1. The lowest BCUT2D eigenvalue weighted by Gasteiger charge is -2.57. The summed E-state index contributed by atoms with van der Waals surface area (Å²) in [5, 5.41) is 5.89. The molecular weight excluding hydrogens is 588 g/mol. The zero-order valence-corrected chi connectivity index (χ0v) is 23.6. The fourth-order valence-corrected chi connectivity index (χ4v) is 5.82. The number of halogens is 7. The van der Waals surface area contributed by atoms with Crippen LogP contribution in [0.1, 0.15) is 61.0 Å². The lowest BCUT2D eigenvalue weighted by atomic mass is 9.73. The third-order valence-corrected chi connectivity index (χ3v) is 8.25. The quantitative estimate of drug-likeness (QED) is 0.261. The molecule has 13 heteroatoms. The van der Waals surface area contributed by atoms with Crippen LogP contribution in [0.25, 0.3) is 0 Å². The van der Waals surface area contributed by atoms with E-state index in [1.165, 1.54) is 6.92 Å². The summed E-state index contributed by atoms with van der Waals surface area (Å²) >= 11 is 5.68. The number of piperidine rings is 1. The smallest absolute Gasteiger partial charge is 0.372 e. The minimum Gasteiger partial charge on any atom is -0.372 e. The standard InChI is InChI=1S/C29H32ClF6N3O3/c1-19(20-12-22(28(31,32)33)14-23(13-20)29(34,35)36)42-18-27(21-6-3-2-4-7-21)10-9-26(16-37-24(40)8-5-11-30)17-39(27)15-25(41)38-26/h2-4,6-7,12-14,19H,5,8-11,15-18H2,1H3,(H,37,40)(H,38,41)/t19-,26+,27-/m1/s1. The zero-order chi connectivity index (χ0) is 30.8. The lowest BCUT2D eigenvalue weighted by Crippen LogP contribution is -2.74. The first-order chi connectivity index (χ1) is 19.7. The first kappa shape index (κ1) is 32.1. The summed E-state index contributed by atoms with van der Waals surface area (Å²) in [4.78, 5) is 27.1. The van der Waals surface area contributed by atoms with E-state index in [4.69, 9.17) is 16.3 Å². The summed E-state index contributed by atoms with van der Waals surface area (Å²) in [6.07, 6.45) is -9.43. The lowest BCUT2D eigenvalue weighted by molar-refractivity contribution is -0.144. The number of carbonyl (C=O) groups is 2. The molecule has 2 saturated heterocycles. The highest BCUT2D eigenvalue weighted by Gasteiger charge is 2.53. The second-order valence-electron chi connectivity index (χ2n) is 10.9. The van der Waals surface area contributed by atoms with Crippen molar-refractivity contribution in [3.8, 4) is 0 Å². The van der Waals surface area contributed by atoms with E-state index >= 15 is 0 Å². The van der Waals surface area contributed by atoms with Crippen molar-refractivity contribution in [2.45, 2.75) is 62.1 Å². The molecule has 0 aliphatic carbocycles. The molecule has 4 rings (SSSR count). The van der Waals surface area contributed by atoms with Crippen molar-refractivity contribution in [3.63, 3.8) is 0 Å². The normalized spacial score (nSPS) is 25.0. The summed E-state index contributed by atoms with van der Waals surface area (Å²) in [6.45, 7) is 1.85. The van der Waals surface area contributed by atoms with E-state index in [2.05, 4.69) is 10.6 Å². The molecule has 2 amide bonds. The van der Waals surface area contributed by atoms with Crippen molar-refractivity contribution in [1.82, 2.24) is 15.5 Å². The Morgan fingerprint density at radius 1 is 1.07 bits per heavy atom. The first-order valence-electron chi connectivity index (χ1n) is 13.5. The van der Waals surface area contributed by atoms with Crippen LogP contribution >= 0.6 is 11.6 Å². The van der Waals surface area contributed by atoms with E-state index in [9.17, 15) is 35.9 Å². The Morgan fingerprint density at radius 2 is 1.71 bits per heavy atom. The molecule has 2 aliphatic rings. The molecule has 42 heavy (non-hydrogen) atoms. The van der Waals surface area contributed by atoms with Gasteiger partial charge in [-0.3, -0.25) is 14.5 Å². The van der Waals surface area contributed by atoms with E-state index in [1.807, 2.05) is 35.2 Å². The SMILES string of the molecule is C[C@@H](OC[C@@]1(c2ccccc2)CC[C@]2(CNC(=O)CCCCl)CN1CC(=O)N2)c1cc(C(F)(F)F)cc(C(F)(F)F)c1. The second kappa shape index (κ2) is 12.4. The van der Waals surface area contributed by atoms with Gasteiger partial charge in [0.15, 0.2) is 0 Å². The molecule has 4 atom stereocenters. The summed E-state index contributed by atoms with van der Waals surface area (Å²) in [5.74, 6) is -0.108. The molecule has 2 N–H and O–H groups in total. The summed E-state index contributed by atoms with van der Waals surface area (Å²) in [7, 11) is 0. The second-order valence-corrected chi connectivity index (χ2v) is 11.3. The molecule has 2 bridgehead atoms. The van der Waals surface area contributed by atoms with Crippen LogP contribution in [0.15, 0.2) is 48.5 Å². The summed E-state index contributed by atoms with van der Waals surface area (Å²) in [6, 6.07) is 10.6. The number of rotatable bonds is 10. The molecule has 2 fully saturated rings. The molecule has 0 saturated carbocycles. The Labute approximate surface area is 244 Å². The van der Waals surface area contributed by atoms with E-state index in [-0.39, 0.29) is 49.6 Å². The number of nitrogens with zero attached hydrogens (tertiary/aromatic N) is 1. The highest BCUT2D eigenvalue weighted by atomic mass is 35.5. The molecule has 2 aromatic rings. The van der Waals surface area contributed by atoms with Crippen LogP contribution in [-0.4, -0.2) is 54.4 Å². The van der Waals surface area contributed by atoms with E-state index in [1.54, 1.807) is 0 Å². The predicted molar refractivity (Wildman–Crippen MR) is 144 cm³/mol. The van der Waals surface area contributed by atoms with Crippen LogP contribution in [0.3, 0.4) is 0 Å². The third kappa shape index (κ3) is 7.20. The van der Waals surface area contributed by atoms with E-state index in [0.29, 0.717) is 43.8 Å². The third-order valence-electron chi connectivity index (χ3n) is 7.98. The Morgan fingerprint density at radius 3 is 2.31 bits per heavy atom. The number of benzene rings is 2. The van der Waals surface area contributed by atoms with Crippen molar-refractivity contribution in [1.29, 1.82) is 0 Å². The maximum absolute atomic E-state index is 13.5. The minimum atomic E-state index is -4.98.